The lowest BCUT2D eigenvalue weighted by Crippen LogP contribution is -2.38. The molecule has 3 nitrogen and oxygen atoms in total. The first-order valence-electron chi connectivity index (χ1n) is 5.66. The van der Waals surface area contributed by atoms with Gasteiger partial charge in [-0.2, -0.15) is 0 Å². The van der Waals surface area contributed by atoms with Crippen LogP contribution >= 0.6 is 11.6 Å². The summed E-state index contributed by atoms with van der Waals surface area (Å²) in [4.78, 5) is 11.6. The molecule has 1 aliphatic rings. The molecule has 1 aliphatic heterocycles. The van der Waals surface area contributed by atoms with Crippen molar-refractivity contribution in [3.63, 3.8) is 0 Å². The maximum atomic E-state index is 11.6. The molecule has 0 aromatic heterocycles. The number of amides is 2. The third kappa shape index (κ3) is 1.93. The molecule has 0 fully saturated rings. The van der Waals surface area contributed by atoms with Crippen molar-refractivity contribution < 1.29 is 4.79 Å². The maximum absolute atomic E-state index is 11.6. The van der Waals surface area contributed by atoms with Crippen molar-refractivity contribution >= 4 is 23.3 Å². The summed E-state index contributed by atoms with van der Waals surface area (Å²) in [6, 6.07) is 15.0. The van der Waals surface area contributed by atoms with Crippen LogP contribution in [0.1, 0.15) is 17.2 Å². The van der Waals surface area contributed by atoms with Gasteiger partial charge in [0, 0.05) is 16.3 Å². The number of carbonyl (C=O) groups excluding carboxylic acids is 1. The second kappa shape index (κ2) is 4.35. The standard InChI is InChI=1S/C14H11ClN2O/c15-10-7-5-9(6-8-10)13-11-3-1-2-4-12(11)16-14(18)17-13/h1-8,13H,(H2,16,17,18). The predicted molar refractivity (Wildman–Crippen MR) is 71.9 cm³/mol. The molecule has 0 saturated heterocycles. The average Bonchev–Trinajstić information content (AvgIpc) is 2.38. The summed E-state index contributed by atoms with van der Waals surface area (Å²) in [7, 11) is 0. The smallest absolute Gasteiger partial charge is 0.320 e. The molecule has 0 saturated carbocycles. The Hall–Kier alpha value is -2.00. The summed E-state index contributed by atoms with van der Waals surface area (Å²) in [6.07, 6.45) is 0. The third-order valence-electron chi connectivity index (χ3n) is 3.00. The zero-order valence-electron chi connectivity index (χ0n) is 9.48. The van der Waals surface area contributed by atoms with E-state index in [0.29, 0.717) is 5.02 Å². The Kier molecular flexibility index (Phi) is 2.68. The van der Waals surface area contributed by atoms with Crippen molar-refractivity contribution in [2.45, 2.75) is 6.04 Å². The summed E-state index contributed by atoms with van der Waals surface area (Å²) < 4.78 is 0. The number of urea groups is 1. The van der Waals surface area contributed by atoms with E-state index >= 15 is 0 Å². The number of hydrogen-bond donors (Lipinski definition) is 2. The highest BCUT2D eigenvalue weighted by atomic mass is 35.5. The van der Waals surface area contributed by atoms with Gasteiger partial charge in [-0.05, 0) is 23.8 Å². The Balaban J connectivity index is 2.07. The van der Waals surface area contributed by atoms with Gasteiger partial charge in [0.2, 0.25) is 0 Å². The van der Waals surface area contributed by atoms with Crippen LogP contribution in [0.3, 0.4) is 0 Å². The molecule has 90 valence electrons. The minimum Gasteiger partial charge on any atom is -0.327 e. The Labute approximate surface area is 110 Å². The van der Waals surface area contributed by atoms with Crippen molar-refractivity contribution in [3.8, 4) is 0 Å². The van der Waals surface area contributed by atoms with Gasteiger partial charge in [-0.3, -0.25) is 0 Å². The fraction of sp³-hybridized carbons (Fsp3) is 0.0714. The van der Waals surface area contributed by atoms with Crippen LogP contribution < -0.4 is 10.6 Å². The van der Waals surface area contributed by atoms with Crippen LogP contribution in [0.25, 0.3) is 0 Å². The number of benzene rings is 2. The molecule has 0 radical (unpaired) electrons. The van der Waals surface area contributed by atoms with E-state index in [1.165, 1.54) is 0 Å². The molecule has 1 unspecified atom stereocenters. The molecule has 2 amide bonds. The van der Waals surface area contributed by atoms with E-state index in [0.717, 1.165) is 16.8 Å². The van der Waals surface area contributed by atoms with Crippen LogP contribution in [0.4, 0.5) is 10.5 Å². The number of para-hydroxylation sites is 1. The number of halogens is 1. The van der Waals surface area contributed by atoms with Gasteiger partial charge >= 0.3 is 6.03 Å². The predicted octanol–water partition coefficient (Wildman–Crippen LogP) is 3.56. The van der Waals surface area contributed by atoms with E-state index in [1.807, 2.05) is 48.5 Å². The summed E-state index contributed by atoms with van der Waals surface area (Å²) in [6.45, 7) is 0. The van der Waals surface area contributed by atoms with Gasteiger partial charge < -0.3 is 10.6 Å². The van der Waals surface area contributed by atoms with E-state index < -0.39 is 0 Å². The fourth-order valence-electron chi connectivity index (χ4n) is 2.15. The van der Waals surface area contributed by atoms with Crippen molar-refractivity contribution in [1.29, 1.82) is 0 Å². The number of carbonyl (C=O) groups is 1. The van der Waals surface area contributed by atoms with Crippen LogP contribution in [0.2, 0.25) is 5.02 Å². The SMILES string of the molecule is O=C1Nc2ccccc2C(c2ccc(Cl)cc2)N1. The number of fused-ring (bicyclic) bond motifs is 1. The third-order valence-corrected chi connectivity index (χ3v) is 3.25. The Morgan fingerprint density at radius 3 is 2.50 bits per heavy atom. The van der Waals surface area contributed by atoms with Gasteiger partial charge in [0.1, 0.15) is 0 Å². The molecule has 3 rings (SSSR count). The molecule has 2 N–H and O–H groups in total. The Morgan fingerprint density at radius 1 is 1.00 bits per heavy atom. The van der Waals surface area contributed by atoms with Crippen molar-refractivity contribution in [1.82, 2.24) is 5.32 Å². The molecule has 0 bridgehead atoms. The molecule has 0 spiro atoms. The lowest BCUT2D eigenvalue weighted by Gasteiger charge is -2.27. The zero-order chi connectivity index (χ0) is 12.5. The monoisotopic (exact) mass is 258 g/mol. The molecule has 2 aromatic carbocycles. The maximum Gasteiger partial charge on any atom is 0.320 e. The first kappa shape index (κ1) is 11.1. The van der Waals surface area contributed by atoms with Gasteiger partial charge in [0.15, 0.2) is 0 Å². The summed E-state index contributed by atoms with van der Waals surface area (Å²) >= 11 is 5.88. The van der Waals surface area contributed by atoms with Crippen LogP contribution in [-0.2, 0) is 0 Å². The van der Waals surface area contributed by atoms with Crippen molar-refractivity contribution in [3.05, 3.63) is 64.7 Å². The molecule has 18 heavy (non-hydrogen) atoms. The van der Waals surface area contributed by atoms with Gasteiger partial charge in [-0.15, -0.1) is 0 Å². The zero-order valence-corrected chi connectivity index (χ0v) is 10.2. The second-order valence-electron chi connectivity index (χ2n) is 4.17. The minimum absolute atomic E-state index is 0.132. The highest BCUT2D eigenvalue weighted by Gasteiger charge is 2.24. The van der Waals surface area contributed by atoms with Gasteiger partial charge in [0.05, 0.1) is 6.04 Å². The Morgan fingerprint density at radius 2 is 1.72 bits per heavy atom. The van der Waals surface area contributed by atoms with E-state index in [2.05, 4.69) is 10.6 Å². The molecule has 4 heteroatoms. The number of hydrogen-bond acceptors (Lipinski definition) is 1. The first-order valence-corrected chi connectivity index (χ1v) is 6.04. The van der Waals surface area contributed by atoms with Crippen LogP contribution in [0, 0.1) is 0 Å². The first-order chi connectivity index (χ1) is 8.74. The van der Waals surface area contributed by atoms with Crippen LogP contribution in [0.5, 0.6) is 0 Å². The Bertz CT molecular complexity index is 595. The minimum atomic E-state index is -0.186. The fourth-order valence-corrected chi connectivity index (χ4v) is 2.27. The average molecular weight is 259 g/mol. The lowest BCUT2D eigenvalue weighted by atomic mass is 9.96. The molecule has 2 aromatic rings. The summed E-state index contributed by atoms with van der Waals surface area (Å²) in [5.41, 5.74) is 2.92. The van der Waals surface area contributed by atoms with Gasteiger partial charge in [0.25, 0.3) is 0 Å². The normalized spacial score (nSPS) is 17.6. The lowest BCUT2D eigenvalue weighted by molar-refractivity contribution is 0.249. The molecular formula is C14H11ClN2O. The quantitative estimate of drug-likeness (QED) is 0.807. The summed E-state index contributed by atoms with van der Waals surface area (Å²) in [5, 5.41) is 6.40. The highest BCUT2D eigenvalue weighted by Crippen LogP contribution is 2.31. The molecular weight excluding hydrogens is 248 g/mol. The molecule has 0 aliphatic carbocycles. The second-order valence-corrected chi connectivity index (χ2v) is 4.61. The van der Waals surface area contributed by atoms with Crippen molar-refractivity contribution in [2.24, 2.45) is 0 Å². The van der Waals surface area contributed by atoms with Crippen LogP contribution in [-0.4, -0.2) is 6.03 Å². The molecule has 1 atom stereocenters. The number of nitrogens with one attached hydrogen (secondary N) is 2. The van der Waals surface area contributed by atoms with Gasteiger partial charge in [-0.1, -0.05) is 41.9 Å². The van der Waals surface area contributed by atoms with Gasteiger partial charge in [-0.25, -0.2) is 4.79 Å². The van der Waals surface area contributed by atoms with E-state index in [1.54, 1.807) is 0 Å². The van der Waals surface area contributed by atoms with E-state index in [4.69, 9.17) is 11.6 Å². The topological polar surface area (TPSA) is 41.1 Å². The summed E-state index contributed by atoms with van der Waals surface area (Å²) in [5.74, 6) is 0. The molecule has 1 heterocycles. The van der Waals surface area contributed by atoms with E-state index in [-0.39, 0.29) is 12.1 Å². The van der Waals surface area contributed by atoms with E-state index in [9.17, 15) is 4.79 Å². The van der Waals surface area contributed by atoms with Crippen LogP contribution in [0.15, 0.2) is 48.5 Å². The van der Waals surface area contributed by atoms with Crippen molar-refractivity contribution in [2.75, 3.05) is 5.32 Å². The highest BCUT2D eigenvalue weighted by molar-refractivity contribution is 6.30. The number of anilines is 1. The largest absolute Gasteiger partial charge is 0.327 e. The number of rotatable bonds is 1.